The average Bonchev–Trinajstić information content (AvgIpc) is 2.64. The Hall–Kier alpha value is -2.63. The van der Waals surface area contributed by atoms with E-state index in [2.05, 4.69) is 20.6 Å². The number of hydrogen-bond donors (Lipinski definition) is 2. The van der Waals surface area contributed by atoms with Gasteiger partial charge in [-0.15, -0.1) is 0 Å². The molecule has 0 radical (unpaired) electrons. The Balaban J connectivity index is 1.68. The van der Waals surface area contributed by atoms with Crippen LogP contribution in [0.15, 0.2) is 61.2 Å². The smallest absolute Gasteiger partial charge is 0.253 e. The largest absolute Gasteiger partial charge is 0.354 e. The fourth-order valence-electron chi connectivity index (χ4n) is 2.16. The fourth-order valence-corrected chi connectivity index (χ4v) is 2.46. The number of carbonyl (C=O) groups excluding carboxylic acids is 1. The molecule has 1 aromatic carbocycles. The summed E-state index contributed by atoms with van der Waals surface area (Å²) in [4.78, 5) is 20.3. The Morgan fingerprint density at radius 2 is 1.72 bits per heavy atom. The zero-order valence-corrected chi connectivity index (χ0v) is 14.6. The highest BCUT2D eigenvalue weighted by Gasteiger charge is 2.08. The van der Waals surface area contributed by atoms with Crippen molar-refractivity contribution in [2.24, 2.45) is 0 Å². The minimum absolute atomic E-state index is 0.206. The lowest BCUT2D eigenvalue weighted by Gasteiger charge is -2.09. The third-order valence-electron chi connectivity index (χ3n) is 3.41. The first-order valence-corrected chi connectivity index (χ1v) is 8.21. The lowest BCUT2D eigenvalue weighted by Crippen LogP contribution is -2.23. The maximum Gasteiger partial charge on any atom is 0.253 e. The predicted octanol–water partition coefficient (Wildman–Crippen LogP) is 4.46. The number of amides is 1. The predicted molar refractivity (Wildman–Crippen MR) is 99.4 cm³/mol. The number of nitrogens with one attached hydrogen (secondary N) is 2. The van der Waals surface area contributed by atoms with Crippen LogP contribution >= 0.6 is 23.2 Å². The van der Waals surface area contributed by atoms with Crippen molar-refractivity contribution in [1.29, 1.82) is 0 Å². The van der Waals surface area contributed by atoms with E-state index in [1.165, 1.54) is 6.20 Å². The molecule has 25 heavy (non-hydrogen) atoms. The molecule has 0 aliphatic carbocycles. The van der Waals surface area contributed by atoms with E-state index in [1.807, 2.05) is 12.1 Å². The summed E-state index contributed by atoms with van der Waals surface area (Å²) in [6, 6.07) is 10.6. The van der Waals surface area contributed by atoms with Gasteiger partial charge < -0.3 is 10.6 Å². The molecule has 0 unspecified atom stereocenters. The normalized spacial score (nSPS) is 10.3. The molecule has 7 heteroatoms. The van der Waals surface area contributed by atoms with Crippen molar-refractivity contribution in [3.05, 3.63) is 82.4 Å². The lowest BCUT2D eigenvalue weighted by atomic mass is 10.2. The van der Waals surface area contributed by atoms with E-state index in [9.17, 15) is 4.79 Å². The highest BCUT2D eigenvalue weighted by atomic mass is 35.5. The number of rotatable bonds is 5. The minimum atomic E-state index is -0.206. The van der Waals surface area contributed by atoms with E-state index < -0.39 is 0 Å². The van der Waals surface area contributed by atoms with Gasteiger partial charge in [0.15, 0.2) is 0 Å². The van der Waals surface area contributed by atoms with E-state index in [4.69, 9.17) is 23.2 Å². The maximum atomic E-state index is 12.3. The van der Waals surface area contributed by atoms with Crippen molar-refractivity contribution in [2.45, 2.75) is 6.54 Å². The molecular weight excluding hydrogens is 359 g/mol. The van der Waals surface area contributed by atoms with Gasteiger partial charge in [-0.3, -0.25) is 14.8 Å². The first-order valence-electron chi connectivity index (χ1n) is 7.46. The summed E-state index contributed by atoms with van der Waals surface area (Å²) in [5.74, 6) is -0.206. The molecule has 3 aromatic rings. The highest BCUT2D eigenvalue weighted by Crippen LogP contribution is 2.26. The van der Waals surface area contributed by atoms with Crippen molar-refractivity contribution in [3.8, 4) is 0 Å². The van der Waals surface area contributed by atoms with Crippen LogP contribution in [0.4, 0.5) is 11.4 Å². The molecule has 1 amide bonds. The van der Waals surface area contributed by atoms with Crippen LogP contribution in [0.25, 0.3) is 0 Å². The van der Waals surface area contributed by atoms with Crippen LogP contribution in [0.1, 0.15) is 15.9 Å². The Bertz CT molecular complexity index is 887. The SMILES string of the molecule is O=C(NCc1ccncc1)c1cncc(Nc2ccc(Cl)c(Cl)c2)c1. The first kappa shape index (κ1) is 17.2. The number of anilines is 2. The number of benzene rings is 1. The summed E-state index contributed by atoms with van der Waals surface area (Å²) < 4.78 is 0. The zero-order valence-electron chi connectivity index (χ0n) is 13.0. The second-order valence-corrected chi connectivity index (χ2v) is 6.07. The van der Waals surface area contributed by atoms with Crippen molar-refractivity contribution in [1.82, 2.24) is 15.3 Å². The van der Waals surface area contributed by atoms with Gasteiger partial charge in [-0.05, 0) is 42.0 Å². The number of pyridine rings is 2. The summed E-state index contributed by atoms with van der Waals surface area (Å²) in [5, 5.41) is 6.93. The molecule has 0 fully saturated rings. The summed E-state index contributed by atoms with van der Waals surface area (Å²) in [6.45, 7) is 0.422. The standard InChI is InChI=1S/C18H14Cl2N4O/c19-16-2-1-14(8-17(16)20)24-15-7-13(10-22-11-15)18(25)23-9-12-3-5-21-6-4-12/h1-8,10-11,24H,9H2,(H,23,25). The fraction of sp³-hybridized carbons (Fsp3) is 0.0556. The second kappa shape index (κ2) is 7.96. The molecule has 0 saturated carbocycles. The van der Waals surface area contributed by atoms with Gasteiger partial charge in [0.05, 0.1) is 27.5 Å². The highest BCUT2D eigenvalue weighted by molar-refractivity contribution is 6.42. The molecule has 2 aromatic heterocycles. The van der Waals surface area contributed by atoms with Crippen LogP contribution in [0, 0.1) is 0 Å². The third kappa shape index (κ3) is 4.68. The van der Waals surface area contributed by atoms with Crippen LogP contribution in [0.5, 0.6) is 0 Å². The summed E-state index contributed by atoms with van der Waals surface area (Å²) in [6.07, 6.45) is 6.51. The summed E-state index contributed by atoms with van der Waals surface area (Å²) in [7, 11) is 0. The third-order valence-corrected chi connectivity index (χ3v) is 4.15. The van der Waals surface area contributed by atoms with Crippen LogP contribution < -0.4 is 10.6 Å². The Labute approximate surface area is 155 Å². The maximum absolute atomic E-state index is 12.3. The van der Waals surface area contributed by atoms with Crippen molar-refractivity contribution in [3.63, 3.8) is 0 Å². The molecule has 0 spiro atoms. The van der Waals surface area contributed by atoms with Crippen LogP contribution in [0.3, 0.4) is 0 Å². The Morgan fingerprint density at radius 1 is 0.920 bits per heavy atom. The molecular formula is C18H14Cl2N4O. The van der Waals surface area contributed by atoms with Gasteiger partial charge in [-0.25, -0.2) is 0 Å². The topological polar surface area (TPSA) is 66.9 Å². The molecule has 2 N–H and O–H groups in total. The van der Waals surface area contributed by atoms with Gasteiger partial charge in [0.25, 0.3) is 5.91 Å². The van der Waals surface area contributed by atoms with E-state index >= 15 is 0 Å². The molecule has 5 nitrogen and oxygen atoms in total. The molecule has 0 bridgehead atoms. The van der Waals surface area contributed by atoms with Crippen LogP contribution in [0.2, 0.25) is 10.0 Å². The summed E-state index contributed by atoms with van der Waals surface area (Å²) >= 11 is 11.9. The second-order valence-electron chi connectivity index (χ2n) is 5.25. The Morgan fingerprint density at radius 3 is 2.48 bits per heavy atom. The van der Waals surface area contributed by atoms with Gasteiger partial charge in [-0.1, -0.05) is 23.2 Å². The minimum Gasteiger partial charge on any atom is -0.354 e. The van der Waals surface area contributed by atoms with Crippen LogP contribution in [-0.2, 0) is 6.54 Å². The molecule has 2 heterocycles. The van der Waals surface area contributed by atoms with Crippen LogP contribution in [-0.4, -0.2) is 15.9 Å². The summed E-state index contributed by atoms with van der Waals surface area (Å²) in [5.41, 5.74) is 2.86. The number of halogens is 2. The number of aromatic nitrogens is 2. The molecule has 0 atom stereocenters. The first-order chi connectivity index (χ1) is 12.1. The van der Waals surface area contributed by atoms with E-state index in [0.717, 1.165) is 11.3 Å². The Kier molecular flexibility index (Phi) is 5.48. The van der Waals surface area contributed by atoms with E-state index in [-0.39, 0.29) is 5.91 Å². The average molecular weight is 373 g/mol. The number of nitrogens with zero attached hydrogens (tertiary/aromatic N) is 2. The molecule has 0 aliphatic rings. The molecule has 0 aliphatic heterocycles. The molecule has 126 valence electrons. The monoisotopic (exact) mass is 372 g/mol. The van der Waals surface area contributed by atoms with Crippen molar-refractivity contribution in [2.75, 3.05) is 5.32 Å². The van der Waals surface area contributed by atoms with Gasteiger partial charge in [0.1, 0.15) is 0 Å². The van der Waals surface area contributed by atoms with Crippen molar-refractivity contribution < 1.29 is 4.79 Å². The molecule has 3 rings (SSSR count). The number of carbonyl (C=O) groups is 1. The van der Waals surface area contributed by atoms with E-state index in [1.54, 1.807) is 42.9 Å². The zero-order chi connectivity index (χ0) is 17.6. The van der Waals surface area contributed by atoms with Crippen molar-refractivity contribution >= 4 is 40.5 Å². The number of hydrogen-bond acceptors (Lipinski definition) is 4. The van der Waals surface area contributed by atoms with Gasteiger partial charge in [-0.2, -0.15) is 0 Å². The quantitative estimate of drug-likeness (QED) is 0.693. The van der Waals surface area contributed by atoms with Gasteiger partial charge in [0, 0.05) is 30.8 Å². The lowest BCUT2D eigenvalue weighted by molar-refractivity contribution is 0.0950. The van der Waals surface area contributed by atoms with E-state index in [0.29, 0.717) is 27.8 Å². The van der Waals surface area contributed by atoms with Gasteiger partial charge in [0.2, 0.25) is 0 Å². The van der Waals surface area contributed by atoms with Gasteiger partial charge >= 0.3 is 0 Å². The molecule has 0 saturated heterocycles.